The minimum atomic E-state index is -0.302. The van der Waals surface area contributed by atoms with E-state index < -0.39 is 0 Å². The molecule has 0 aliphatic rings. The quantitative estimate of drug-likeness (QED) is 0.455. The van der Waals surface area contributed by atoms with Crippen LogP contribution in [0.5, 0.6) is 0 Å². The van der Waals surface area contributed by atoms with Gasteiger partial charge in [-0.05, 0) is 55.5 Å². The molecule has 0 spiro atoms. The number of aryl methyl sites for hydroxylation is 3. The summed E-state index contributed by atoms with van der Waals surface area (Å²) >= 11 is 1.57. The molecule has 4 aromatic rings. The number of hydrogen-bond acceptors (Lipinski definition) is 4. The standard InChI is InChI=1S/C25H23N3O2S/c1-15-11-16(2)24(17(3)12-15)28-23(29)14-26-25(30)19-13-21(22-9-6-10-31-22)27-20-8-5-4-7-18(19)20/h4-13H,14H2,1-3H3,(H,26,30)(H,28,29). The number of thiophene rings is 1. The van der Waals surface area contributed by atoms with Gasteiger partial charge in [0, 0.05) is 11.1 Å². The Morgan fingerprint density at radius 1 is 0.968 bits per heavy atom. The zero-order valence-corrected chi connectivity index (χ0v) is 18.5. The van der Waals surface area contributed by atoms with Crippen LogP contribution in [0.4, 0.5) is 5.69 Å². The van der Waals surface area contributed by atoms with Gasteiger partial charge in [-0.2, -0.15) is 0 Å². The fourth-order valence-electron chi connectivity index (χ4n) is 3.73. The maximum atomic E-state index is 13.0. The van der Waals surface area contributed by atoms with Gasteiger partial charge in [0.25, 0.3) is 5.91 Å². The molecule has 4 rings (SSSR count). The average molecular weight is 430 g/mol. The van der Waals surface area contributed by atoms with Crippen molar-refractivity contribution < 1.29 is 9.59 Å². The summed E-state index contributed by atoms with van der Waals surface area (Å²) in [6, 6.07) is 17.3. The summed E-state index contributed by atoms with van der Waals surface area (Å²) in [5, 5.41) is 8.41. The lowest BCUT2D eigenvalue weighted by Gasteiger charge is -2.14. The fourth-order valence-corrected chi connectivity index (χ4v) is 4.42. The molecule has 0 saturated heterocycles. The number of fused-ring (bicyclic) bond motifs is 1. The third kappa shape index (κ3) is 4.49. The Balaban J connectivity index is 1.54. The highest BCUT2D eigenvalue weighted by Gasteiger charge is 2.16. The van der Waals surface area contributed by atoms with E-state index in [4.69, 9.17) is 0 Å². The first-order valence-electron chi connectivity index (χ1n) is 10.0. The van der Waals surface area contributed by atoms with Gasteiger partial charge < -0.3 is 10.6 Å². The maximum Gasteiger partial charge on any atom is 0.252 e. The third-order valence-corrected chi connectivity index (χ3v) is 5.98. The number of anilines is 1. The van der Waals surface area contributed by atoms with Crippen LogP contribution in [-0.4, -0.2) is 23.3 Å². The van der Waals surface area contributed by atoms with Crippen LogP contribution in [-0.2, 0) is 4.79 Å². The summed E-state index contributed by atoms with van der Waals surface area (Å²) in [5.41, 5.74) is 5.93. The van der Waals surface area contributed by atoms with Crippen molar-refractivity contribution in [2.45, 2.75) is 20.8 Å². The van der Waals surface area contributed by atoms with Crippen LogP contribution in [0.1, 0.15) is 27.0 Å². The molecule has 0 fully saturated rings. The Morgan fingerprint density at radius 2 is 1.71 bits per heavy atom. The molecule has 2 aromatic heterocycles. The molecule has 0 atom stereocenters. The van der Waals surface area contributed by atoms with Crippen LogP contribution < -0.4 is 10.6 Å². The highest BCUT2D eigenvalue weighted by Crippen LogP contribution is 2.28. The molecule has 6 heteroatoms. The van der Waals surface area contributed by atoms with E-state index >= 15 is 0 Å². The summed E-state index contributed by atoms with van der Waals surface area (Å²) in [6.45, 7) is 5.83. The highest BCUT2D eigenvalue weighted by atomic mass is 32.1. The van der Waals surface area contributed by atoms with Crippen molar-refractivity contribution >= 4 is 39.7 Å². The molecule has 2 aromatic carbocycles. The molecule has 0 saturated carbocycles. The topological polar surface area (TPSA) is 71.1 Å². The van der Waals surface area contributed by atoms with Gasteiger partial charge >= 0.3 is 0 Å². The number of pyridine rings is 1. The van der Waals surface area contributed by atoms with E-state index in [1.807, 2.05) is 74.7 Å². The molecule has 2 N–H and O–H groups in total. The second kappa shape index (κ2) is 8.70. The van der Waals surface area contributed by atoms with Crippen LogP contribution >= 0.6 is 11.3 Å². The molecule has 31 heavy (non-hydrogen) atoms. The lowest BCUT2D eigenvalue weighted by atomic mass is 10.1. The van der Waals surface area contributed by atoms with Crippen LogP contribution in [0.2, 0.25) is 0 Å². The summed E-state index contributed by atoms with van der Waals surface area (Å²) in [6.07, 6.45) is 0. The van der Waals surface area contributed by atoms with Gasteiger partial charge in [0.2, 0.25) is 5.91 Å². The molecule has 0 bridgehead atoms. The summed E-state index contributed by atoms with van der Waals surface area (Å²) < 4.78 is 0. The van der Waals surface area contributed by atoms with E-state index in [1.165, 1.54) is 0 Å². The number of carbonyl (C=O) groups excluding carboxylic acids is 2. The zero-order valence-electron chi connectivity index (χ0n) is 17.7. The monoisotopic (exact) mass is 429 g/mol. The number of amides is 2. The number of rotatable bonds is 5. The number of aromatic nitrogens is 1. The van der Waals surface area contributed by atoms with E-state index in [1.54, 1.807) is 17.4 Å². The Morgan fingerprint density at radius 3 is 2.42 bits per heavy atom. The first-order chi connectivity index (χ1) is 14.9. The molecule has 0 aliphatic heterocycles. The number of nitrogens with one attached hydrogen (secondary N) is 2. The van der Waals surface area contributed by atoms with E-state index in [-0.39, 0.29) is 18.4 Å². The predicted octanol–water partition coefficient (Wildman–Crippen LogP) is 5.26. The number of benzene rings is 2. The van der Waals surface area contributed by atoms with Gasteiger partial charge in [-0.15, -0.1) is 11.3 Å². The van der Waals surface area contributed by atoms with Gasteiger partial charge in [0.05, 0.1) is 28.2 Å². The van der Waals surface area contributed by atoms with Crippen LogP contribution in [0.3, 0.4) is 0 Å². The number of carbonyl (C=O) groups is 2. The van der Waals surface area contributed by atoms with Crippen LogP contribution in [0.15, 0.2) is 60.0 Å². The Bertz CT molecular complexity index is 1260. The maximum absolute atomic E-state index is 13.0. The van der Waals surface area contributed by atoms with Crippen molar-refractivity contribution in [1.29, 1.82) is 0 Å². The first-order valence-corrected chi connectivity index (χ1v) is 10.9. The molecule has 5 nitrogen and oxygen atoms in total. The number of nitrogens with zero attached hydrogens (tertiary/aromatic N) is 1. The minimum absolute atomic E-state index is 0.115. The Labute approximate surface area is 185 Å². The minimum Gasteiger partial charge on any atom is -0.343 e. The average Bonchev–Trinajstić information content (AvgIpc) is 3.28. The van der Waals surface area contributed by atoms with Gasteiger partial charge in [-0.3, -0.25) is 9.59 Å². The molecule has 2 amide bonds. The summed E-state index contributed by atoms with van der Waals surface area (Å²) in [5.74, 6) is -0.566. The van der Waals surface area contributed by atoms with Crippen molar-refractivity contribution in [3.05, 3.63) is 82.2 Å². The normalized spacial score (nSPS) is 10.8. The summed E-state index contributed by atoms with van der Waals surface area (Å²) in [7, 11) is 0. The zero-order chi connectivity index (χ0) is 22.0. The molecule has 2 heterocycles. The first kappa shape index (κ1) is 20.8. The lowest BCUT2D eigenvalue weighted by molar-refractivity contribution is -0.115. The molecule has 0 aliphatic carbocycles. The fraction of sp³-hybridized carbons (Fsp3) is 0.160. The van der Waals surface area contributed by atoms with Gasteiger partial charge in [-0.25, -0.2) is 4.98 Å². The van der Waals surface area contributed by atoms with Crippen LogP contribution in [0.25, 0.3) is 21.5 Å². The van der Waals surface area contributed by atoms with E-state index in [9.17, 15) is 9.59 Å². The van der Waals surface area contributed by atoms with Gasteiger partial charge in [0.15, 0.2) is 0 Å². The number of hydrogen-bond donors (Lipinski definition) is 2. The molecular weight excluding hydrogens is 406 g/mol. The van der Waals surface area contributed by atoms with Crippen molar-refractivity contribution in [2.75, 3.05) is 11.9 Å². The van der Waals surface area contributed by atoms with Crippen molar-refractivity contribution in [1.82, 2.24) is 10.3 Å². The van der Waals surface area contributed by atoms with Crippen molar-refractivity contribution in [3.8, 4) is 10.6 Å². The second-order valence-corrected chi connectivity index (χ2v) is 8.50. The predicted molar refractivity (Wildman–Crippen MR) is 127 cm³/mol. The third-order valence-electron chi connectivity index (χ3n) is 5.09. The number of para-hydroxylation sites is 1. The smallest absolute Gasteiger partial charge is 0.252 e. The lowest BCUT2D eigenvalue weighted by Crippen LogP contribution is -2.33. The van der Waals surface area contributed by atoms with Crippen molar-refractivity contribution in [3.63, 3.8) is 0 Å². The summed E-state index contributed by atoms with van der Waals surface area (Å²) in [4.78, 5) is 31.2. The van der Waals surface area contributed by atoms with E-state index in [0.717, 1.165) is 43.9 Å². The van der Waals surface area contributed by atoms with Crippen molar-refractivity contribution in [2.24, 2.45) is 0 Å². The molecule has 0 radical (unpaired) electrons. The molecular formula is C25H23N3O2S. The molecule has 156 valence electrons. The molecule has 0 unspecified atom stereocenters. The largest absolute Gasteiger partial charge is 0.343 e. The SMILES string of the molecule is Cc1cc(C)c(NC(=O)CNC(=O)c2cc(-c3cccs3)nc3ccccc23)c(C)c1. The highest BCUT2D eigenvalue weighted by molar-refractivity contribution is 7.13. The van der Waals surface area contributed by atoms with Gasteiger partial charge in [0.1, 0.15) is 0 Å². The van der Waals surface area contributed by atoms with E-state index in [2.05, 4.69) is 15.6 Å². The van der Waals surface area contributed by atoms with Crippen LogP contribution in [0, 0.1) is 20.8 Å². The van der Waals surface area contributed by atoms with Gasteiger partial charge in [-0.1, -0.05) is 42.0 Å². The second-order valence-electron chi connectivity index (χ2n) is 7.55. The Kier molecular flexibility index (Phi) is 5.82. The Hall–Kier alpha value is -3.51. The van der Waals surface area contributed by atoms with E-state index in [0.29, 0.717) is 5.56 Å².